The fraction of sp³-hybridized carbons (Fsp3) is 0.700. The summed E-state index contributed by atoms with van der Waals surface area (Å²) in [7, 11) is 0. The number of oxazole rings is 1. The van der Waals surface area contributed by atoms with E-state index in [1.807, 2.05) is 0 Å². The molecule has 2 rings (SSSR count). The average Bonchev–Trinajstić information content (AvgIpc) is 2.68. The van der Waals surface area contributed by atoms with Gasteiger partial charge in [-0.15, -0.1) is 0 Å². The van der Waals surface area contributed by atoms with Crippen LogP contribution in [0.2, 0.25) is 0 Å². The number of rotatable bonds is 3. The maximum absolute atomic E-state index is 5.46. The van der Waals surface area contributed by atoms with Crippen molar-refractivity contribution in [2.24, 2.45) is 5.73 Å². The van der Waals surface area contributed by atoms with Gasteiger partial charge in [-0.2, -0.15) is 0 Å². The Bertz CT molecular complexity index is 279. The molecule has 0 aromatic carbocycles. The Morgan fingerprint density at radius 3 is 3.00 bits per heavy atom. The predicted octanol–water partition coefficient (Wildman–Crippen LogP) is 0.643. The topological polar surface area (TPSA) is 64.1 Å². The number of nitrogens with one attached hydrogen (secondary N) is 1. The van der Waals surface area contributed by atoms with Crippen LogP contribution in [0.4, 0.5) is 0 Å². The van der Waals surface area contributed by atoms with Gasteiger partial charge in [0.25, 0.3) is 0 Å². The van der Waals surface area contributed by atoms with E-state index in [0.29, 0.717) is 12.5 Å². The number of aromatic nitrogens is 1. The highest BCUT2D eigenvalue weighted by Crippen LogP contribution is 2.24. The van der Waals surface area contributed by atoms with E-state index in [1.165, 1.54) is 0 Å². The molecule has 0 bridgehead atoms. The fourth-order valence-electron chi connectivity index (χ4n) is 1.84. The average molecular weight is 195 g/mol. The van der Waals surface area contributed by atoms with Crippen molar-refractivity contribution >= 4 is 0 Å². The minimum Gasteiger partial charge on any atom is -0.448 e. The van der Waals surface area contributed by atoms with E-state index in [1.54, 1.807) is 6.26 Å². The quantitative estimate of drug-likeness (QED) is 0.743. The van der Waals surface area contributed by atoms with Crippen LogP contribution in [0, 0.1) is 0 Å². The van der Waals surface area contributed by atoms with Crippen LogP contribution in [0.25, 0.3) is 0 Å². The minimum atomic E-state index is 0.503. The first-order valence-corrected chi connectivity index (χ1v) is 5.25. The van der Waals surface area contributed by atoms with Crippen LogP contribution in [0.3, 0.4) is 0 Å². The lowest BCUT2D eigenvalue weighted by atomic mass is 9.98. The second-order valence-corrected chi connectivity index (χ2v) is 3.74. The number of nitrogens with zero attached hydrogens (tertiary/aromatic N) is 1. The molecule has 0 unspecified atom stereocenters. The molecule has 3 N–H and O–H groups in total. The summed E-state index contributed by atoms with van der Waals surface area (Å²) in [4.78, 5) is 4.45. The van der Waals surface area contributed by atoms with Crippen molar-refractivity contribution in [3.63, 3.8) is 0 Å². The number of hydrogen-bond acceptors (Lipinski definition) is 4. The Hall–Kier alpha value is -0.870. The number of hydrogen-bond donors (Lipinski definition) is 2. The largest absolute Gasteiger partial charge is 0.448 e. The molecule has 0 aliphatic carbocycles. The summed E-state index contributed by atoms with van der Waals surface area (Å²) in [6.45, 7) is 2.77. The monoisotopic (exact) mass is 195 g/mol. The molecule has 0 spiro atoms. The molecule has 0 saturated carbocycles. The van der Waals surface area contributed by atoms with E-state index in [4.69, 9.17) is 10.2 Å². The summed E-state index contributed by atoms with van der Waals surface area (Å²) in [6, 6.07) is 0. The lowest BCUT2D eigenvalue weighted by molar-refractivity contribution is 0.374. The zero-order valence-corrected chi connectivity index (χ0v) is 8.33. The molecule has 4 heteroatoms. The molecule has 2 heterocycles. The van der Waals surface area contributed by atoms with Gasteiger partial charge in [0.2, 0.25) is 0 Å². The number of nitrogens with two attached hydrogens (primary N) is 1. The predicted molar refractivity (Wildman–Crippen MR) is 54.1 cm³/mol. The van der Waals surface area contributed by atoms with Crippen LogP contribution in [0.5, 0.6) is 0 Å². The van der Waals surface area contributed by atoms with Crippen LogP contribution in [0.15, 0.2) is 10.7 Å². The summed E-state index contributed by atoms with van der Waals surface area (Å²) < 4.78 is 5.46. The van der Waals surface area contributed by atoms with E-state index in [-0.39, 0.29) is 0 Å². The normalized spacial score (nSPS) is 18.6. The van der Waals surface area contributed by atoms with Gasteiger partial charge in [-0.1, -0.05) is 0 Å². The van der Waals surface area contributed by atoms with Crippen LogP contribution in [-0.2, 0) is 6.42 Å². The SMILES string of the molecule is NCCc1coc(C2CCNCC2)n1. The Balaban J connectivity index is 2.00. The zero-order chi connectivity index (χ0) is 9.80. The molecule has 1 saturated heterocycles. The van der Waals surface area contributed by atoms with Crippen LogP contribution < -0.4 is 11.1 Å². The van der Waals surface area contributed by atoms with Crippen LogP contribution in [-0.4, -0.2) is 24.6 Å². The van der Waals surface area contributed by atoms with Gasteiger partial charge in [-0.25, -0.2) is 4.98 Å². The van der Waals surface area contributed by atoms with Crippen molar-refractivity contribution in [2.75, 3.05) is 19.6 Å². The Kier molecular flexibility index (Phi) is 3.16. The van der Waals surface area contributed by atoms with Gasteiger partial charge in [0.1, 0.15) is 6.26 Å². The summed E-state index contributed by atoms with van der Waals surface area (Å²) >= 11 is 0. The molecule has 0 amide bonds. The molecule has 1 aliphatic heterocycles. The lowest BCUT2D eigenvalue weighted by Crippen LogP contribution is -2.26. The fourth-order valence-corrected chi connectivity index (χ4v) is 1.84. The molecule has 0 atom stereocenters. The Morgan fingerprint density at radius 1 is 1.50 bits per heavy atom. The van der Waals surface area contributed by atoms with Crippen molar-refractivity contribution in [1.82, 2.24) is 10.3 Å². The first kappa shape index (κ1) is 9.68. The molecule has 1 aliphatic rings. The van der Waals surface area contributed by atoms with Crippen LogP contribution >= 0.6 is 0 Å². The van der Waals surface area contributed by atoms with E-state index < -0.39 is 0 Å². The smallest absolute Gasteiger partial charge is 0.197 e. The van der Waals surface area contributed by atoms with E-state index >= 15 is 0 Å². The second kappa shape index (κ2) is 4.57. The van der Waals surface area contributed by atoms with Crippen molar-refractivity contribution in [3.8, 4) is 0 Å². The maximum atomic E-state index is 5.46. The molecule has 78 valence electrons. The van der Waals surface area contributed by atoms with Crippen molar-refractivity contribution < 1.29 is 4.42 Å². The van der Waals surface area contributed by atoms with E-state index in [9.17, 15) is 0 Å². The summed E-state index contributed by atoms with van der Waals surface area (Å²) in [5.41, 5.74) is 6.44. The van der Waals surface area contributed by atoms with E-state index in [2.05, 4.69) is 10.3 Å². The highest BCUT2D eigenvalue weighted by molar-refractivity contribution is 5.02. The Morgan fingerprint density at radius 2 is 2.29 bits per heavy atom. The zero-order valence-electron chi connectivity index (χ0n) is 8.33. The Labute approximate surface area is 83.9 Å². The van der Waals surface area contributed by atoms with Gasteiger partial charge in [-0.05, 0) is 32.5 Å². The molecule has 14 heavy (non-hydrogen) atoms. The summed E-state index contributed by atoms with van der Waals surface area (Å²) in [5, 5.41) is 3.33. The van der Waals surface area contributed by atoms with Gasteiger partial charge >= 0.3 is 0 Å². The van der Waals surface area contributed by atoms with Crippen LogP contribution in [0.1, 0.15) is 30.3 Å². The molecule has 1 fully saturated rings. The molecule has 1 aromatic rings. The minimum absolute atomic E-state index is 0.503. The molecule has 4 nitrogen and oxygen atoms in total. The summed E-state index contributed by atoms with van der Waals surface area (Å²) in [6.07, 6.45) is 4.81. The third-order valence-electron chi connectivity index (χ3n) is 2.66. The van der Waals surface area contributed by atoms with Gasteiger partial charge < -0.3 is 15.5 Å². The third kappa shape index (κ3) is 2.13. The van der Waals surface area contributed by atoms with Gasteiger partial charge in [0, 0.05) is 12.3 Å². The van der Waals surface area contributed by atoms with E-state index in [0.717, 1.165) is 43.9 Å². The molecule has 1 aromatic heterocycles. The number of piperidine rings is 1. The van der Waals surface area contributed by atoms with Gasteiger partial charge in [0.15, 0.2) is 5.89 Å². The van der Waals surface area contributed by atoms with Crippen molar-refractivity contribution in [3.05, 3.63) is 17.8 Å². The first-order valence-electron chi connectivity index (χ1n) is 5.25. The highest BCUT2D eigenvalue weighted by atomic mass is 16.3. The standard InChI is InChI=1S/C10H17N3O/c11-4-1-9-7-14-10(13-9)8-2-5-12-6-3-8/h7-8,12H,1-6,11H2. The van der Waals surface area contributed by atoms with Gasteiger partial charge in [-0.3, -0.25) is 0 Å². The maximum Gasteiger partial charge on any atom is 0.197 e. The first-order chi connectivity index (χ1) is 6.90. The van der Waals surface area contributed by atoms with Crippen molar-refractivity contribution in [1.29, 1.82) is 0 Å². The van der Waals surface area contributed by atoms with Gasteiger partial charge in [0.05, 0.1) is 5.69 Å². The molecular formula is C10H17N3O. The summed E-state index contributed by atoms with van der Waals surface area (Å²) in [5.74, 6) is 1.40. The molecular weight excluding hydrogens is 178 g/mol. The molecule has 0 radical (unpaired) electrons. The second-order valence-electron chi connectivity index (χ2n) is 3.74. The lowest BCUT2D eigenvalue weighted by Gasteiger charge is -2.19. The van der Waals surface area contributed by atoms with Crippen molar-refractivity contribution in [2.45, 2.75) is 25.2 Å². The third-order valence-corrected chi connectivity index (χ3v) is 2.66. The highest BCUT2D eigenvalue weighted by Gasteiger charge is 2.19.